The first-order chi connectivity index (χ1) is 13.8. The summed E-state index contributed by atoms with van der Waals surface area (Å²) in [6.07, 6.45) is 3.61. The van der Waals surface area contributed by atoms with Gasteiger partial charge < -0.3 is 14.4 Å². The van der Waals surface area contributed by atoms with Crippen molar-refractivity contribution in [2.24, 2.45) is 5.92 Å². The highest BCUT2D eigenvalue weighted by molar-refractivity contribution is 9.10. The van der Waals surface area contributed by atoms with Crippen molar-refractivity contribution in [3.63, 3.8) is 0 Å². The average molecular weight is 464 g/mol. The van der Waals surface area contributed by atoms with Crippen LogP contribution in [0.3, 0.4) is 0 Å². The van der Waals surface area contributed by atoms with Gasteiger partial charge in [0.2, 0.25) is 6.41 Å². The normalized spacial score (nSPS) is 27.6. The summed E-state index contributed by atoms with van der Waals surface area (Å²) < 4.78 is 11.5. The first-order valence-electron chi connectivity index (χ1n) is 9.72. The third kappa shape index (κ3) is 3.17. The number of hydrogen-bond acceptors (Lipinski definition) is 6. The van der Waals surface area contributed by atoms with Crippen LogP contribution in [-0.4, -0.2) is 41.6 Å². The molecule has 2 aliphatic carbocycles. The van der Waals surface area contributed by atoms with Gasteiger partial charge in [-0.05, 0) is 46.7 Å². The van der Waals surface area contributed by atoms with Crippen molar-refractivity contribution in [2.45, 2.75) is 57.4 Å². The van der Waals surface area contributed by atoms with E-state index in [0.717, 1.165) is 17.5 Å². The molecule has 2 fully saturated rings. The van der Waals surface area contributed by atoms with Crippen molar-refractivity contribution in [1.82, 2.24) is 4.90 Å². The van der Waals surface area contributed by atoms with E-state index in [1.165, 1.54) is 13.8 Å². The summed E-state index contributed by atoms with van der Waals surface area (Å²) in [4.78, 5) is 49.5. The van der Waals surface area contributed by atoms with Gasteiger partial charge >= 0.3 is 11.9 Å². The summed E-state index contributed by atoms with van der Waals surface area (Å²) in [7, 11) is 0. The molecule has 29 heavy (non-hydrogen) atoms. The summed E-state index contributed by atoms with van der Waals surface area (Å²) in [5, 5.41) is 0. The molecule has 0 aromatic heterocycles. The fourth-order valence-corrected chi connectivity index (χ4v) is 6.14. The molecule has 1 saturated heterocycles. The summed E-state index contributed by atoms with van der Waals surface area (Å²) in [6.45, 7) is 3.18. The Kier molecular flexibility index (Phi) is 5.01. The number of carbonyl (C=O) groups excluding carboxylic acids is 4. The fraction of sp³-hybridized carbons (Fsp3) is 0.524. The Bertz CT molecular complexity index is 928. The van der Waals surface area contributed by atoms with E-state index in [9.17, 15) is 19.2 Å². The quantitative estimate of drug-likeness (QED) is 0.388. The number of Topliss-reactive ketones (excluding diaryl/α,β-unsaturated/α-hetero) is 1. The Morgan fingerprint density at radius 2 is 1.93 bits per heavy atom. The molecule has 3 atom stereocenters. The Morgan fingerprint density at radius 3 is 2.59 bits per heavy atom. The number of ether oxygens (including phenoxy) is 2. The number of piperidine rings is 1. The number of halogens is 1. The van der Waals surface area contributed by atoms with Gasteiger partial charge in [-0.25, -0.2) is 0 Å². The number of rotatable bonds is 3. The second-order valence-corrected chi connectivity index (χ2v) is 8.90. The number of amides is 1. The van der Waals surface area contributed by atoms with Crippen LogP contribution in [0.2, 0.25) is 0 Å². The second kappa shape index (κ2) is 7.23. The highest BCUT2D eigenvalue weighted by Crippen LogP contribution is 2.59. The SMILES string of the molecule is CC(=O)Oc1cc(OC(C)=O)c2c(c1Br)CC1C3CCC(=O)CC23CCN1C=O. The average Bonchev–Trinajstić information content (AvgIpc) is 2.63. The van der Waals surface area contributed by atoms with Gasteiger partial charge in [-0.2, -0.15) is 0 Å². The zero-order valence-corrected chi connectivity index (χ0v) is 17.9. The van der Waals surface area contributed by atoms with Crippen molar-refractivity contribution < 1.29 is 28.7 Å². The molecule has 0 spiro atoms. The maximum absolute atomic E-state index is 12.5. The molecule has 1 aromatic rings. The molecule has 4 rings (SSSR count). The van der Waals surface area contributed by atoms with Gasteiger partial charge in [-0.15, -0.1) is 0 Å². The number of ketones is 1. The van der Waals surface area contributed by atoms with Crippen LogP contribution in [0.15, 0.2) is 10.5 Å². The highest BCUT2D eigenvalue weighted by atomic mass is 79.9. The zero-order chi connectivity index (χ0) is 20.9. The molecule has 1 amide bonds. The van der Waals surface area contributed by atoms with Crippen LogP contribution >= 0.6 is 15.9 Å². The second-order valence-electron chi connectivity index (χ2n) is 8.11. The molecule has 0 radical (unpaired) electrons. The summed E-state index contributed by atoms with van der Waals surface area (Å²) in [5.74, 6) is -0.0710. The van der Waals surface area contributed by atoms with Crippen LogP contribution in [0.4, 0.5) is 0 Å². The Labute approximate surface area is 176 Å². The molecule has 154 valence electrons. The molecule has 3 aliphatic rings. The first-order valence-corrected chi connectivity index (χ1v) is 10.5. The molecule has 8 heteroatoms. The molecule has 7 nitrogen and oxygen atoms in total. The van der Waals surface area contributed by atoms with Gasteiger partial charge in [0.15, 0.2) is 0 Å². The van der Waals surface area contributed by atoms with Crippen LogP contribution < -0.4 is 9.47 Å². The van der Waals surface area contributed by atoms with E-state index < -0.39 is 17.4 Å². The maximum atomic E-state index is 12.5. The number of esters is 2. The van der Waals surface area contributed by atoms with E-state index in [2.05, 4.69) is 15.9 Å². The molecular weight excluding hydrogens is 442 g/mol. The predicted octanol–water partition coefficient (Wildman–Crippen LogP) is 2.69. The lowest BCUT2D eigenvalue weighted by molar-refractivity contribution is -0.133. The number of nitrogens with zero attached hydrogens (tertiary/aromatic N) is 1. The fourth-order valence-electron chi connectivity index (χ4n) is 5.59. The summed E-state index contributed by atoms with van der Waals surface area (Å²) in [6, 6.07) is 1.51. The highest BCUT2D eigenvalue weighted by Gasteiger charge is 2.57. The number of likely N-dealkylation sites (tertiary alicyclic amines) is 1. The van der Waals surface area contributed by atoms with Gasteiger partial charge in [-0.3, -0.25) is 19.2 Å². The van der Waals surface area contributed by atoms with E-state index in [4.69, 9.17) is 9.47 Å². The van der Waals surface area contributed by atoms with Crippen LogP contribution in [0.25, 0.3) is 0 Å². The van der Waals surface area contributed by atoms with E-state index in [1.54, 1.807) is 6.07 Å². The lowest BCUT2D eigenvalue weighted by atomic mass is 9.52. The van der Waals surface area contributed by atoms with Gasteiger partial charge in [-0.1, -0.05) is 0 Å². The van der Waals surface area contributed by atoms with Crippen LogP contribution in [0.5, 0.6) is 11.5 Å². The molecule has 1 aliphatic heterocycles. The zero-order valence-electron chi connectivity index (χ0n) is 16.3. The predicted molar refractivity (Wildman–Crippen MR) is 106 cm³/mol. The van der Waals surface area contributed by atoms with Crippen molar-refractivity contribution in [1.29, 1.82) is 0 Å². The number of benzene rings is 1. The van der Waals surface area contributed by atoms with Crippen molar-refractivity contribution >= 4 is 40.1 Å². The van der Waals surface area contributed by atoms with Crippen LogP contribution in [0.1, 0.15) is 50.7 Å². The molecule has 0 N–H and O–H groups in total. The summed E-state index contributed by atoms with van der Waals surface area (Å²) in [5.41, 5.74) is 1.19. The molecular formula is C21H22BrNO6. The van der Waals surface area contributed by atoms with E-state index in [-0.39, 0.29) is 23.5 Å². The van der Waals surface area contributed by atoms with Crippen LogP contribution in [0, 0.1) is 5.92 Å². The third-order valence-corrected chi connectivity index (χ3v) is 7.38. The minimum Gasteiger partial charge on any atom is -0.426 e. The lowest BCUT2D eigenvalue weighted by Gasteiger charge is -2.58. The lowest BCUT2D eigenvalue weighted by Crippen LogP contribution is -2.61. The Morgan fingerprint density at radius 1 is 1.24 bits per heavy atom. The van der Waals surface area contributed by atoms with Gasteiger partial charge in [0.25, 0.3) is 0 Å². The van der Waals surface area contributed by atoms with Gasteiger partial charge in [0, 0.05) is 56.3 Å². The van der Waals surface area contributed by atoms with Crippen molar-refractivity contribution in [2.75, 3.05) is 6.54 Å². The third-order valence-electron chi connectivity index (χ3n) is 6.51. The first kappa shape index (κ1) is 20.1. The van der Waals surface area contributed by atoms with Gasteiger partial charge in [0.1, 0.15) is 17.3 Å². The van der Waals surface area contributed by atoms with Gasteiger partial charge in [0.05, 0.1) is 4.47 Å². The van der Waals surface area contributed by atoms with Crippen LogP contribution in [-0.2, 0) is 31.0 Å². The molecule has 1 saturated carbocycles. The van der Waals surface area contributed by atoms with Crippen molar-refractivity contribution in [3.05, 3.63) is 21.7 Å². The molecule has 2 bridgehead atoms. The van der Waals surface area contributed by atoms with Crippen molar-refractivity contribution in [3.8, 4) is 11.5 Å². The summed E-state index contributed by atoms with van der Waals surface area (Å²) >= 11 is 3.56. The molecule has 1 aromatic carbocycles. The van der Waals surface area contributed by atoms with E-state index in [1.807, 2.05) is 4.90 Å². The van der Waals surface area contributed by atoms with E-state index in [0.29, 0.717) is 48.9 Å². The number of hydrogen-bond donors (Lipinski definition) is 0. The molecule has 3 unspecified atom stereocenters. The molecule has 1 heterocycles. The number of fused-ring (bicyclic) bond motifs is 1. The number of carbonyl (C=O) groups is 4. The standard InChI is InChI=1S/C21H22BrNO6/c1-11(25)28-17-8-18(29-12(2)26)20(22)14-7-16-15-4-3-13(27)9-21(15,19(14)17)5-6-23(16)10-24/h8,10,15-16H,3-7,9H2,1-2H3. The maximum Gasteiger partial charge on any atom is 0.308 e. The monoisotopic (exact) mass is 463 g/mol. The minimum atomic E-state index is -0.492. The minimum absolute atomic E-state index is 0.0455. The Hall–Kier alpha value is -2.22. The topological polar surface area (TPSA) is 90.0 Å². The Balaban J connectivity index is 1.98. The smallest absolute Gasteiger partial charge is 0.308 e. The van der Waals surface area contributed by atoms with E-state index >= 15 is 0 Å². The largest absolute Gasteiger partial charge is 0.426 e.